The topological polar surface area (TPSA) is 61.3 Å². The molecule has 1 aliphatic rings. The second-order valence-electron chi connectivity index (χ2n) is 8.19. The Kier molecular flexibility index (Phi) is 4.94. The van der Waals surface area contributed by atoms with Crippen LogP contribution in [0.5, 0.6) is 5.75 Å². The highest BCUT2D eigenvalue weighted by atomic mass is 16.5. The summed E-state index contributed by atoms with van der Waals surface area (Å²) >= 11 is 0. The molecule has 4 aromatic rings. The Hall–Kier alpha value is -3.99. The molecule has 0 bridgehead atoms. The highest BCUT2D eigenvalue weighted by Crippen LogP contribution is 2.41. The number of rotatable bonds is 5. The fourth-order valence-corrected chi connectivity index (χ4v) is 3.79. The molecule has 5 nitrogen and oxygen atoms in total. The van der Waals surface area contributed by atoms with Crippen molar-refractivity contribution in [1.82, 2.24) is 9.97 Å². The molecule has 2 aromatic heterocycles. The van der Waals surface area contributed by atoms with Gasteiger partial charge in [-0.15, -0.1) is 0 Å². The molecule has 0 aliphatic carbocycles. The van der Waals surface area contributed by atoms with Crippen LogP contribution < -0.4 is 4.74 Å². The Morgan fingerprint density at radius 3 is 2.41 bits per heavy atom. The molecular formula is C27H22N2O3. The monoisotopic (exact) mass is 422 g/mol. The molecule has 32 heavy (non-hydrogen) atoms. The van der Waals surface area contributed by atoms with Crippen LogP contribution >= 0.6 is 0 Å². The summed E-state index contributed by atoms with van der Waals surface area (Å²) in [6.07, 6.45) is 3.35. The average molecular weight is 422 g/mol. The fraction of sp³-hybridized carbons (Fsp3) is 0.148. The average Bonchev–Trinajstić information content (AvgIpc) is 3.07. The predicted octanol–water partition coefficient (Wildman–Crippen LogP) is 5.46. The van der Waals surface area contributed by atoms with Crippen molar-refractivity contribution in [2.24, 2.45) is 0 Å². The van der Waals surface area contributed by atoms with Crippen molar-refractivity contribution >= 4 is 28.0 Å². The van der Waals surface area contributed by atoms with Gasteiger partial charge in [-0.25, -0.2) is 4.98 Å². The van der Waals surface area contributed by atoms with Gasteiger partial charge < -0.3 is 9.47 Å². The van der Waals surface area contributed by atoms with Gasteiger partial charge in [-0.1, -0.05) is 24.3 Å². The minimum absolute atomic E-state index is 0.0404. The minimum Gasteiger partial charge on any atom is -0.487 e. The van der Waals surface area contributed by atoms with Crippen LogP contribution in [0.2, 0.25) is 0 Å². The molecule has 5 rings (SSSR count). The third kappa shape index (κ3) is 3.73. The van der Waals surface area contributed by atoms with Gasteiger partial charge in [0.2, 0.25) is 5.78 Å². The normalized spacial score (nSPS) is 15.1. The zero-order chi connectivity index (χ0) is 22.1. The smallest absolute Gasteiger partial charge is 0.210 e. The Bertz CT molecular complexity index is 1330. The van der Waals surface area contributed by atoms with Crippen molar-refractivity contribution in [3.05, 3.63) is 102 Å². The summed E-state index contributed by atoms with van der Waals surface area (Å²) in [7, 11) is 0. The van der Waals surface area contributed by atoms with Gasteiger partial charge in [0.1, 0.15) is 18.1 Å². The van der Waals surface area contributed by atoms with Gasteiger partial charge in [-0.2, -0.15) is 0 Å². The SMILES string of the molecule is CC1(C)OC(c2ccc(OCc3ccc4ccccc4n3)cc2)=C(c2ccncc2)C1=O. The van der Waals surface area contributed by atoms with Crippen LogP contribution in [0.15, 0.2) is 85.2 Å². The number of nitrogens with zero attached hydrogens (tertiary/aromatic N) is 2. The lowest BCUT2D eigenvalue weighted by Crippen LogP contribution is -2.29. The van der Waals surface area contributed by atoms with E-state index in [2.05, 4.69) is 9.97 Å². The van der Waals surface area contributed by atoms with Crippen molar-refractivity contribution in [2.45, 2.75) is 26.1 Å². The van der Waals surface area contributed by atoms with E-state index in [-0.39, 0.29) is 5.78 Å². The summed E-state index contributed by atoms with van der Waals surface area (Å²) in [6.45, 7) is 3.95. The van der Waals surface area contributed by atoms with E-state index in [9.17, 15) is 4.79 Å². The van der Waals surface area contributed by atoms with Gasteiger partial charge >= 0.3 is 0 Å². The Morgan fingerprint density at radius 2 is 1.62 bits per heavy atom. The van der Waals surface area contributed by atoms with E-state index < -0.39 is 5.60 Å². The van der Waals surface area contributed by atoms with Crippen LogP contribution in [-0.2, 0) is 16.1 Å². The number of ether oxygens (including phenoxy) is 2. The molecule has 0 unspecified atom stereocenters. The summed E-state index contributed by atoms with van der Waals surface area (Å²) in [6, 6.07) is 23.3. The maximum atomic E-state index is 13.0. The van der Waals surface area contributed by atoms with Crippen LogP contribution in [0, 0.1) is 0 Å². The van der Waals surface area contributed by atoms with Crippen molar-refractivity contribution in [3.8, 4) is 5.75 Å². The van der Waals surface area contributed by atoms with E-state index in [1.165, 1.54) is 0 Å². The molecular weight excluding hydrogens is 400 g/mol. The third-order valence-corrected chi connectivity index (χ3v) is 5.49. The summed E-state index contributed by atoms with van der Waals surface area (Å²) in [5.41, 5.74) is 3.10. The first-order chi connectivity index (χ1) is 15.5. The molecule has 2 aromatic carbocycles. The predicted molar refractivity (Wildman–Crippen MR) is 124 cm³/mol. The minimum atomic E-state index is -0.912. The van der Waals surface area contributed by atoms with Gasteiger partial charge in [0.15, 0.2) is 5.60 Å². The maximum Gasteiger partial charge on any atom is 0.210 e. The van der Waals surface area contributed by atoms with Gasteiger partial charge in [-0.05, 0) is 67.9 Å². The lowest BCUT2D eigenvalue weighted by molar-refractivity contribution is -0.125. The molecule has 5 heteroatoms. The summed E-state index contributed by atoms with van der Waals surface area (Å²) in [4.78, 5) is 21.7. The van der Waals surface area contributed by atoms with Crippen LogP contribution in [0.25, 0.3) is 22.2 Å². The van der Waals surface area contributed by atoms with Crippen LogP contribution in [0.3, 0.4) is 0 Å². The molecule has 0 fully saturated rings. The number of aromatic nitrogens is 2. The maximum absolute atomic E-state index is 13.0. The number of carbonyl (C=O) groups is 1. The number of hydrogen-bond donors (Lipinski definition) is 0. The summed E-state index contributed by atoms with van der Waals surface area (Å²) < 4.78 is 12.0. The third-order valence-electron chi connectivity index (χ3n) is 5.49. The molecule has 0 atom stereocenters. The van der Waals surface area contributed by atoms with Crippen molar-refractivity contribution in [1.29, 1.82) is 0 Å². The number of hydrogen-bond acceptors (Lipinski definition) is 5. The lowest BCUT2D eigenvalue weighted by Gasteiger charge is -2.18. The first kappa shape index (κ1) is 19.9. The number of fused-ring (bicyclic) bond motifs is 1. The van der Waals surface area contributed by atoms with E-state index in [0.29, 0.717) is 17.9 Å². The van der Waals surface area contributed by atoms with E-state index in [1.807, 2.05) is 72.8 Å². The standard InChI is InChI=1S/C27H22N2O3/c1-27(2)26(30)24(19-13-15-28-16-14-19)25(32-27)20-8-11-22(12-9-20)31-17-21-10-7-18-5-3-4-6-23(18)29-21/h3-16H,17H2,1-2H3. The van der Waals surface area contributed by atoms with Gasteiger partial charge in [0.25, 0.3) is 0 Å². The molecule has 0 spiro atoms. The number of Topliss-reactive ketones (excluding diaryl/α,β-unsaturated/α-hetero) is 1. The highest BCUT2D eigenvalue weighted by Gasteiger charge is 2.42. The molecule has 0 N–H and O–H groups in total. The van der Waals surface area contributed by atoms with Gasteiger partial charge in [0.05, 0.1) is 16.8 Å². The molecule has 3 heterocycles. The quantitative estimate of drug-likeness (QED) is 0.428. The van der Waals surface area contributed by atoms with Crippen LogP contribution in [-0.4, -0.2) is 21.4 Å². The van der Waals surface area contributed by atoms with E-state index >= 15 is 0 Å². The molecule has 1 aliphatic heterocycles. The molecule has 0 saturated heterocycles. The second-order valence-corrected chi connectivity index (χ2v) is 8.19. The van der Waals surface area contributed by atoms with Crippen molar-refractivity contribution in [3.63, 3.8) is 0 Å². The molecule has 158 valence electrons. The number of para-hydroxylation sites is 1. The lowest BCUT2D eigenvalue weighted by atomic mass is 9.93. The fourth-order valence-electron chi connectivity index (χ4n) is 3.79. The summed E-state index contributed by atoms with van der Waals surface area (Å²) in [5, 5.41) is 1.10. The Balaban J connectivity index is 1.38. The largest absolute Gasteiger partial charge is 0.487 e. The zero-order valence-corrected chi connectivity index (χ0v) is 17.9. The van der Waals surface area contributed by atoms with Crippen LogP contribution in [0.1, 0.15) is 30.7 Å². The zero-order valence-electron chi connectivity index (χ0n) is 17.9. The van der Waals surface area contributed by atoms with Gasteiger partial charge in [0, 0.05) is 23.3 Å². The van der Waals surface area contributed by atoms with E-state index in [4.69, 9.17) is 9.47 Å². The molecule has 0 saturated carbocycles. The summed E-state index contributed by atoms with van der Waals surface area (Å²) in [5.74, 6) is 1.26. The van der Waals surface area contributed by atoms with E-state index in [1.54, 1.807) is 26.2 Å². The van der Waals surface area contributed by atoms with Crippen molar-refractivity contribution in [2.75, 3.05) is 0 Å². The molecule has 0 amide bonds. The van der Waals surface area contributed by atoms with Crippen LogP contribution in [0.4, 0.5) is 0 Å². The second kappa shape index (κ2) is 7.93. The van der Waals surface area contributed by atoms with E-state index in [0.717, 1.165) is 33.5 Å². The number of benzene rings is 2. The number of carbonyl (C=O) groups excluding carboxylic acids is 1. The Labute approximate surface area is 186 Å². The number of ketones is 1. The first-order valence-corrected chi connectivity index (χ1v) is 10.5. The highest BCUT2D eigenvalue weighted by molar-refractivity contribution is 6.32. The van der Waals surface area contributed by atoms with Crippen molar-refractivity contribution < 1.29 is 14.3 Å². The first-order valence-electron chi connectivity index (χ1n) is 10.5. The number of pyridine rings is 2. The van der Waals surface area contributed by atoms with Gasteiger partial charge in [-0.3, -0.25) is 9.78 Å². The molecule has 0 radical (unpaired) electrons. The Morgan fingerprint density at radius 1 is 0.875 bits per heavy atom.